The van der Waals surface area contributed by atoms with Gasteiger partial charge in [0.15, 0.2) is 0 Å². The minimum absolute atomic E-state index is 0.0288. The molecule has 0 saturated carbocycles. The van der Waals surface area contributed by atoms with Gasteiger partial charge in [-0.3, -0.25) is 4.79 Å². The van der Waals surface area contributed by atoms with Crippen molar-refractivity contribution in [1.29, 1.82) is 0 Å². The summed E-state index contributed by atoms with van der Waals surface area (Å²) in [6, 6.07) is 7.41. The number of thioether (sulfide) groups is 1. The van der Waals surface area contributed by atoms with Crippen LogP contribution in [0.1, 0.15) is 50.7 Å². The van der Waals surface area contributed by atoms with Gasteiger partial charge in [0.1, 0.15) is 0 Å². The number of hydrogen-bond acceptors (Lipinski definition) is 2. The molecule has 0 saturated heterocycles. The predicted molar refractivity (Wildman–Crippen MR) is 99.6 cm³/mol. The Balaban J connectivity index is 3.29. The molecule has 6 heteroatoms. The monoisotopic (exact) mass is 373 g/mol. The fourth-order valence-electron chi connectivity index (χ4n) is 2.37. The van der Waals surface area contributed by atoms with Gasteiger partial charge < -0.3 is 4.90 Å². The molecule has 0 aromatic heterocycles. The molecule has 0 aliphatic carbocycles. The Kier molecular flexibility index (Phi) is 8.56. The van der Waals surface area contributed by atoms with Gasteiger partial charge >= 0.3 is 12.1 Å². The second kappa shape index (κ2) is 9.90. The van der Waals surface area contributed by atoms with Gasteiger partial charge in [-0.1, -0.05) is 57.5 Å². The lowest BCUT2D eigenvalue weighted by Crippen LogP contribution is -2.41. The normalized spacial score (nSPS) is 12.6. The third-order valence-electron chi connectivity index (χ3n) is 3.80. The van der Waals surface area contributed by atoms with Gasteiger partial charge in [-0.15, -0.1) is 0 Å². The molecule has 1 rings (SSSR count). The molecule has 0 atom stereocenters. The van der Waals surface area contributed by atoms with Crippen molar-refractivity contribution in [2.75, 3.05) is 18.6 Å². The largest absolute Gasteiger partial charge is 0.471 e. The third-order valence-corrected chi connectivity index (χ3v) is 4.39. The molecule has 0 radical (unpaired) electrons. The van der Waals surface area contributed by atoms with Crippen molar-refractivity contribution in [2.24, 2.45) is 0 Å². The molecule has 25 heavy (non-hydrogen) atoms. The number of carbonyl (C=O) groups excluding carboxylic acids is 1. The van der Waals surface area contributed by atoms with Crippen molar-refractivity contribution >= 4 is 23.4 Å². The topological polar surface area (TPSA) is 20.3 Å². The molecule has 0 heterocycles. The van der Waals surface area contributed by atoms with Crippen LogP contribution >= 0.6 is 11.8 Å². The molecule has 0 N–H and O–H groups in total. The van der Waals surface area contributed by atoms with Crippen LogP contribution in [-0.2, 0) is 4.79 Å². The Morgan fingerprint density at radius 1 is 1.24 bits per heavy atom. The van der Waals surface area contributed by atoms with E-state index in [2.05, 4.69) is 13.8 Å². The zero-order valence-corrected chi connectivity index (χ0v) is 16.0. The van der Waals surface area contributed by atoms with E-state index in [9.17, 15) is 18.0 Å². The van der Waals surface area contributed by atoms with Gasteiger partial charge in [-0.2, -0.15) is 24.9 Å². The first-order valence-corrected chi connectivity index (χ1v) is 9.79. The quantitative estimate of drug-likeness (QED) is 0.582. The van der Waals surface area contributed by atoms with Crippen LogP contribution in [0.25, 0.3) is 5.70 Å². The van der Waals surface area contributed by atoms with E-state index in [1.165, 1.54) is 11.8 Å². The highest BCUT2D eigenvalue weighted by molar-refractivity contribution is 7.98. The molecule has 140 valence electrons. The average Bonchev–Trinajstić information content (AvgIpc) is 2.56. The maximum atomic E-state index is 13.1. The van der Waals surface area contributed by atoms with Crippen LogP contribution in [0.2, 0.25) is 0 Å². The van der Waals surface area contributed by atoms with E-state index >= 15 is 0 Å². The summed E-state index contributed by atoms with van der Waals surface area (Å²) in [5.41, 5.74) is 2.08. The van der Waals surface area contributed by atoms with Crippen molar-refractivity contribution < 1.29 is 18.0 Å². The van der Waals surface area contributed by atoms with E-state index in [1.807, 2.05) is 25.3 Å². The van der Waals surface area contributed by atoms with Crippen LogP contribution in [-0.4, -0.2) is 35.5 Å². The molecule has 0 aliphatic rings. The molecule has 0 fully saturated rings. The molecule has 1 aromatic rings. The van der Waals surface area contributed by atoms with Crippen molar-refractivity contribution in [2.45, 2.75) is 45.7 Å². The van der Waals surface area contributed by atoms with Gasteiger partial charge in [-0.05, 0) is 29.7 Å². The maximum absolute atomic E-state index is 13.1. The average molecular weight is 373 g/mol. The summed E-state index contributed by atoms with van der Waals surface area (Å²) in [6.45, 7) is 6.09. The molecule has 0 bridgehead atoms. The number of unbranched alkanes of at least 4 members (excludes halogenated alkanes) is 1. The summed E-state index contributed by atoms with van der Waals surface area (Å²) in [4.78, 5) is 12.8. The van der Waals surface area contributed by atoms with Crippen LogP contribution < -0.4 is 0 Å². The molecule has 0 spiro atoms. The summed E-state index contributed by atoms with van der Waals surface area (Å²) < 4.78 is 39.2. The number of nitrogens with zero attached hydrogens (tertiary/aromatic N) is 1. The van der Waals surface area contributed by atoms with E-state index in [0.717, 1.165) is 16.9 Å². The molecule has 1 aromatic carbocycles. The highest BCUT2D eigenvalue weighted by Crippen LogP contribution is 2.28. The van der Waals surface area contributed by atoms with E-state index in [-0.39, 0.29) is 6.54 Å². The van der Waals surface area contributed by atoms with Gasteiger partial charge in [0.25, 0.3) is 0 Å². The second-order valence-electron chi connectivity index (χ2n) is 6.10. The minimum Gasteiger partial charge on any atom is -0.303 e. The number of hydrogen-bond donors (Lipinski definition) is 0. The number of amides is 1. The van der Waals surface area contributed by atoms with Crippen molar-refractivity contribution in [1.82, 2.24) is 4.90 Å². The first-order valence-electron chi connectivity index (χ1n) is 8.40. The standard InChI is InChI=1S/C19H26F3NOS/c1-5-6-7-17(16-10-8-15(9-11-16)14(2)3)23(12-13-25-4)18(24)19(20,21)22/h7-11,14H,5-6,12-13H2,1-4H3. The van der Waals surface area contributed by atoms with Gasteiger partial charge in [0.05, 0.1) is 0 Å². The smallest absolute Gasteiger partial charge is 0.303 e. The minimum atomic E-state index is -4.89. The van der Waals surface area contributed by atoms with Crippen molar-refractivity contribution in [3.8, 4) is 0 Å². The summed E-state index contributed by atoms with van der Waals surface area (Å²) in [7, 11) is 0. The predicted octanol–water partition coefficient (Wildman–Crippen LogP) is 5.70. The number of benzene rings is 1. The van der Waals surface area contributed by atoms with Crippen LogP contribution in [0, 0.1) is 0 Å². The lowest BCUT2D eigenvalue weighted by Gasteiger charge is -2.27. The Bertz CT molecular complexity index is 579. The molecular formula is C19H26F3NOS. The van der Waals surface area contributed by atoms with Gasteiger partial charge in [-0.25, -0.2) is 0 Å². The van der Waals surface area contributed by atoms with E-state index in [1.54, 1.807) is 18.2 Å². The maximum Gasteiger partial charge on any atom is 0.471 e. The number of halogens is 3. The second-order valence-corrected chi connectivity index (χ2v) is 7.09. The van der Waals surface area contributed by atoms with E-state index < -0.39 is 12.1 Å². The van der Waals surface area contributed by atoms with Crippen LogP contribution in [0.4, 0.5) is 13.2 Å². The van der Waals surface area contributed by atoms with Crippen LogP contribution in [0.15, 0.2) is 30.3 Å². The third kappa shape index (κ3) is 6.42. The highest BCUT2D eigenvalue weighted by atomic mass is 32.2. The van der Waals surface area contributed by atoms with Crippen LogP contribution in [0.3, 0.4) is 0 Å². The Labute approximate surface area is 152 Å². The summed E-state index contributed by atoms with van der Waals surface area (Å²) in [5, 5.41) is 0. The number of alkyl halides is 3. The molecule has 0 unspecified atom stereocenters. The molecule has 0 aliphatic heterocycles. The zero-order chi connectivity index (χ0) is 19.0. The Morgan fingerprint density at radius 3 is 2.28 bits per heavy atom. The molecular weight excluding hydrogens is 347 g/mol. The van der Waals surface area contributed by atoms with Crippen molar-refractivity contribution in [3.05, 3.63) is 41.5 Å². The fourth-order valence-corrected chi connectivity index (χ4v) is 2.74. The summed E-state index contributed by atoms with van der Waals surface area (Å²) >= 11 is 1.41. The number of carbonyl (C=O) groups is 1. The summed E-state index contributed by atoms with van der Waals surface area (Å²) in [5.74, 6) is -1.03. The van der Waals surface area contributed by atoms with E-state index in [0.29, 0.717) is 29.4 Å². The lowest BCUT2D eigenvalue weighted by atomic mass is 10.00. The number of allylic oxidation sites excluding steroid dienone is 1. The first-order chi connectivity index (χ1) is 11.7. The van der Waals surface area contributed by atoms with Gasteiger partial charge in [0, 0.05) is 18.0 Å². The Hall–Kier alpha value is -1.43. The highest BCUT2D eigenvalue weighted by Gasteiger charge is 2.43. The SMILES string of the molecule is CCCC=C(c1ccc(C(C)C)cc1)N(CCSC)C(=O)C(F)(F)F. The lowest BCUT2D eigenvalue weighted by molar-refractivity contribution is -0.181. The van der Waals surface area contributed by atoms with Crippen molar-refractivity contribution in [3.63, 3.8) is 0 Å². The molecule has 2 nitrogen and oxygen atoms in total. The van der Waals surface area contributed by atoms with Gasteiger partial charge in [0.2, 0.25) is 0 Å². The molecule has 1 amide bonds. The fraction of sp³-hybridized carbons (Fsp3) is 0.526. The summed E-state index contributed by atoms with van der Waals surface area (Å²) in [6.07, 6.45) is 0.0609. The first kappa shape index (κ1) is 21.6. The van der Waals surface area contributed by atoms with Crippen LogP contribution in [0.5, 0.6) is 0 Å². The zero-order valence-electron chi connectivity index (χ0n) is 15.2. The Morgan fingerprint density at radius 2 is 1.84 bits per heavy atom. The van der Waals surface area contributed by atoms with E-state index in [4.69, 9.17) is 0 Å². The number of rotatable bonds is 8.